The summed E-state index contributed by atoms with van der Waals surface area (Å²) in [6.07, 6.45) is 1.80. The third kappa shape index (κ3) is 5.63. The summed E-state index contributed by atoms with van der Waals surface area (Å²) in [4.78, 5) is 22.1. The molecular weight excluding hydrogens is 432 g/mol. The molecule has 0 radical (unpaired) electrons. The molecule has 0 unspecified atom stereocenters. The zero-order chi connectivity index (χ0) is 23.4. The van der Waals surface area contributed by atoms with E-state index in [1.807, 2.05) is 47.1 Å². The molecule has 0 aliphatic rings. The number of hydrogen-bond donors (Lipinski definition) is 2. The van der Waals surface area contributed by atoms with Gasteiger partial charge in [0.05, 0.1) is 18.1 Å². The molecule has 0 saturated heterocycles. The van der Waals surface area contributed by atoms with E-state index in [1.165, 1.54) is 0 Å². The van der Waals surface area contributed by atoms with E-state index in [4.69, 9.17) is 9.97 Å². The van der Waals surface area contributed by atoms with Crippen LogP contribution < -0.4 is 10.6 Å². The van der Waals surface area contributed by atoms with E-state index in [-0.39, 0.29) is 5.91 Å². The van der Waals surface area contributed by atoms with Gasteiger partial charge >= 0.3 is 0 Å². The first-order chi connectivity index (χ1) is 15.9. The second kappa shape index (κ2) is 10.2. The minimum Gasteiger partial charge on any atom is -0.369 e. The molecule has 0 saturated carbocycles. The van der Waals surface area contributed by atoms with Crippen molar-refractivity contribution in [3.63, 3.8) is 0 Å². The molecule has 2 aromatic heterocycles. The van der Waals surface area contributed by atoms with Gasteiger partial charge in [-0.15, -0.1) is 0 Å². The van der Waals surface area contributed by atoms with E-state index in [9.17, 15) is 4.79 Å². The predicted molar refractivity (Wildman–Crippen MR) is 136 cm³/mol. The Hall–Kier alpha value is -3.13. The summed E-state index contributed by atoms with van der Waals surface area (Å²) in [5.41, 5.74) is 1.43. The van der Waals surface area contributed by atoms with Gasteiger partial charge in [0, 0.05) is 23.9 Å². The van der Waals surface area contributed by atoms with Crippen molar-refractivity contribution in [2.45, 2.75) is 44.6 Å². The lowest BCUT2D eigenvalue weighted by molar-refractivity contribution is 0.0952. The fourth-order valence-electron chi connectivity index (χ4n) is 3.51. The largest absolute Gasteiger partial charge is 0.369 e. The molecule has 4 rings (SSSR count). The Balaban J connectivity index is 1.49. The predicted octanol–water partition coefficient (Wildman–Crippen LogP) is 4.98. The number of fused-ring (bicyclic) bond motifs is 2. The van der Waals surface area contributed by atoms with Crippen LogP contribution in [0.15, 0.2) is 53.8 Å². The summed E-state index contributed by atoms with van der Waals surface area (Å²) in [7, 11) is 0. The lowest BCUT2D eigenvalue weighted by Crippen LogP contribution is -2.27. The average Bonchev–Trinajstić information content (AvgIpc) is 3.19. The molecule has 2 N–H and O–H groups in total. The van der Waals surface area contributed by atoms with E-state index in [2.05, 4.69) is 43.4 Å². The number of nitrogens with one attached hydrogen (secondary N) is 2. The number of aromatic nitrogens is 4. The first-order valence-corrected chi connectivity index (χ1v) is 12.2. The van der Waals surface area contributed by atoms with E-state index < -0.39 is 0 Å². The van der Waals surface area contributed by atoms with Gasteiger partial charge in [0.2, 0.25) is 0 Å². The monoisotopic (exact) mass is 462 g/mol. The third-order valence-electron chi connectivity index (χ3n) is 5.12. The average molecular weight is 463 g/mol. The van der Waals surface area contributed by atoms with Gasteiger partial charge in [-0.1, -0.05) is 69.8 Å². The highest BCUT2D eigenvalue weighted by molar-refractivity contribution is 7.99. The Morgan fingerprint density at radius 2 is 1.85 bits per heavy atom. The van der Waals surface area contributed by atoms with Crippen molar-refractivity contribution in [2.24, 2.45) is 5.92 Å². The quantitative estimate of drug-likeness (QED) is 0.270. The Morgan fingerprint density at radius 1 is 1.06 bits per heavy atom. The van der Waals surface area contributed by atoms with Crippen molar-refractivity contribution in [3.8, 4) is 0 Å². The van der Waals surface area contributed by atoms with Crippen LogP contribution in [0.1, 0.15) is 38.1 Å². The van der Waals surface area contributed by atoms with Gasteiger partial charge in [0.25, 0.3) is 5.91 Å². The lowest BCUT2D eigenvalue weighted by Gasteiger charge is -2.12. The van der Waals surface area contributed by atoms with Gasteiger partial charge in [-0.25, -0.2) is 14.6 Å². The Kier molecular flexibility index (Phi) is 7.13. The molecule has 0 spiro atoms. The minimum atomic E-state index is -0.0952. The summed E-state index contributed by atoms with van der Waals surface area (Å²) in [6, 6.07) is 13.8. The summed E-state index contributed by atoms with van der Waals surface area (Å²) >= 11 is 1.63. The van der Waals surface area contributed by atoms with Crippen LogP contribution in [0.25, 0.3) is 21.8 Å². The van der Waals surface area contributed by atoms with Crippen molar-refractivity contribution in [2.75, 3.05) is 18.4 Å². The second-order valence-corrected chi connectivity index (χ2v) is 10.3. The van der Waals surface area contributed by atoms with E-state index in [0.29, 0.717) is 29.8 Å². The lowest BCUT2D eigenvalue weighted by atomic mass is 10.1. The Bertz CT molecular complexity index is 1270. The SMILES string of the molecule is CC(C)CNc1nc(SC(C)C)nc2c1cnn2CCNC(=O)c1ccc2ccccc2c1. The van der Waals surface area contributed by atoms with E-state index in [1.54, 1.807) is 18.0 Å². The molecule has 0 atom stereocenters. The number of carbonyl (C=O) groups is 1. The van der Waals surface area contributed by atoms with Gasteiger partial charge < -0.3 is 10.6 Å². The zero-order valence-corrected chi connectivity index (χ0v) is 20.3. The van der Waals surface area contributed by atoms with Crippen molar-refractivity contribution in [1.82, 2.24) is 25.1 Å². The normalized spacial score (nSPS) is 11.6. The van der Waals surface area contributed by atoms with Crippen LogP contribution >= 0.6 is 11.8 Å². The highest BCUT2D eigenvalue weighted by Gasteiger charge is 2.15. The van der Waals surface area contributed by atoms with Crippen LogP contribution in [0.2, 0.25) is 0 Å². The molecule has 4 aromatic rings. The summed E-state index contributed by atoms with van der Waals surface area (Å²) in [5.74, 6) is 1.21. The summed E-state index contributed by atoms with van der Waals surface area (Å²) < 4.78 is 1.84. The fraction of sp³-hybridized carbons (Fsp3) is 0.360. The standard InChI is InChI=1S/C25H30N6OS/c1-16(2)14-27-22-21-15-28-31(23(21)30-25(29-22)33-17(3)4)12-11-26-24(32)20-10-9-18-7-5-6-8-19(18)13-20/h5-10,13,15-17H,11-12,14H2,1-4H3,(H,26,32)(H,27,29,30). The highest BCUT2D eigenvalue weighted by Crippen LogP contribution is 2.26. The molecular formula is C25H30N6OS. The third-order valence-corrected chi connectivity index (χ3v) is 5.98. The maximum absolute atomic E-state index is 12.7. The van der Waals surface area contributed by atoms with Crippen LogP contribution in [0, 0.1) is 5.92 Å². The van der Waals surface area contributed by atoms with Gasteiger partial charge in [0.15, 0.2) is 10.8 Å². The Morgan fingerprint density at radius 3 is 2.61 bits per heavy atom. The molecule has 0 aliphatic carbocycles. The molecule has 1 amide bonds. The smallest absolute Gasteiger partial charge is 0.251 e. The maximum atomic E-state index is 12.7. The van der Waals surface area contributed by atoms with Gasteiger partial charge in [0.1, 0.15) is 5.82 Å². The van der Waals surface area contributed by atoms with Crippen molar-refractivity contribution >= 4 is 45.3 Å². The van der Waals surface area contributed by atoms with Crippen LogP contribution in [0.5, 0.6) is 0 Å². The number of anilines is 1. The first-order valence-electron chi connectivity index (χ1n) is 11.3. The second-order valence-electron chi connectivity index (χ2n) is 8.72. The van der Waals surface area contributed by atoms with E-state index in [0.717, 1.165) is 39.3 Å². The summed E-state index contributed by atoms with van der Waals surface area (Å²) in [6.45, 7) is 10.4. The van der Waals surface area contributed by atoms with Gasteiger partial charge in [-0.05, 0) is 28.8 Å². The Labute approximate surface area is 198 Å². The molecule has 7 nitrogen and oxygen atoms in total. The molecule has 33 heavy (non-hydrogen) atoms. The first kappa shape index (κ1) is 23.0. The van der Waals surface area contributed by atoms with Crippen LogP contribution in [0.4, 0.5) is 5.82 Å². The summed E-state index contributed by atoms with van der Waals surface area (Å²) in [5, 5.41) is 15.1. The molecule has 8 heteroatoms. The number of thioether (sulfide) groups is 1. The molecule has 172 valence electrons. The number of benzene rings is 2. The number of nitrogens with zero attached hydrogens (tertiary/aromatic N) is 4. The molecule has 2 heterocycles. The topological polar surface area (TPSA) is 84.7 Å². The molecule has 0 bridgehead atoms. The number of carbonyl (C=O) groups excluding carboxylic acids is 1. The number of rotatable bonds is 9. The zero-order valence-electron chi connectivity index (χ0n) is 19.5. The number of hydrogen-bond acceptors (Lipinski definition) is 6. The maximum Gasteiger partial charge on any atom is 0.251 e. The molecule has 2 aromatic carbocycles. The van der Waals surface area contributed by atoms with Gasteiger partial charge in [-0.2, -0.15) is 5.10 Å². The molecule has 0 aliphatic heterocycles. The van der Waals surface area contributed by atoms with Crippen molar-refractivity contribution in [3.05, 3.63) is 54.2 Å². The van der Waals surface area contributed by atoms with Crippen molar-refractivity contribution < 1.29 is 4.79 Å². The molecule has 0 fully saturated rings. The minimum absolute atomic E-state index is 0.0952. The number of amides is 1. The van der Waals surface area contributed by atoms with E-state index >= 15 is 0 Å². The van der Waals surface area contributed by atoms with Gasteiger partial charge in [-0.3, -0.25) is 4.79 Å². The van der Waals surface area contributed by atoms with Crippen LogP contribution in [-0.4, -0.2) is 44.0 Å². The van der Waals surface area contributed by atoms with Crippen molar-refractivity contribution in [1.29, 1.82) is 0 Å². The van der Waals surface area contributed by atoms with Crippen LogP contribution in [-0.2, 0) is 6.54 Å². The fourth-order valence-corrected chi connectivity index (χ4v) is 4.21. The highest BCUT2D eigenvalue weighted by atomic mass is 32.2. The van der Waals surface area contributed by atoms with Crippen LogP contribution in [0.3, 0.4) is 0 Å².